The minimum absolute atomic E-state index is 0.213. The quantitative estimate of drug-likeness (QED) is 0.435. The molecule has 1 rings (SSSR count). The largest absolute Gasteiger partial charge is 0.481 e. The van der Waals surface area contributed by atoms with E-state index in [0.717, 1.165) is 12.8 Å². The van der Waals surface area contributed by atoms with Gasteiger partial charge in [0, 0.05) is 6.54 Å². The standard InChI is InChI=1S/C13H24N2O4/c1-9-3-4-10(2)13(9,19-6-5-14)15-11(8-16)7-12(17)18/h8-11,15H,3-7,14H2,1-2H3,(H,17,18)/t9?,10?,11-,13?/m0/s1. The average Bonchev–Trinajstić information content (AvgIpc) is 2.63. The Morgan fingerprint density at radius 2 is 2.11 bits per heavy atom. The van der Waals surface area contributed by atoms with Gasteiger partial charge in [-0.25, -0.2) is 0 Å². The van der Waals surface area contributed by atoms with Crippen LogP contribution in [0.5, 0.6) is 0 Å². The van der Waals surface area contributed by atoms with Crippen molar-refractivity contribution in [3.63, 3.8) is 0 Å². The van der Waals surface area contributed by atoms with Crippen molar-refractivity contribution in [1.82, 2.24) is 5.32 Å². The van der Waals surface area contributed by atoms with Crippen molar-refractivity contribution in [2.75, 3.05) is 13.2 Å². The molecule has 0 aromatic heterocycles. The van der Waals surface area contributed by atoms with Crippen molar-refractivity contribution >= 4 is 12.3 Å². The first kappa shape index (κ1) is 16.1. The molecule has 1 aliphatic rings. The molecule has 0 aromatic carbocycles. The van der Waals surface area contributed by atoms with Crippen molar-refractivity contribution < 1.29 is 19.4 Å². The van der Waals surface area contributed by atoms with Crippen LogP contribution in [0.3, 0.4) is 0 Å². The summed E-state index contributed by atoms with van der Waals surface area (Å²) in [5, 5.41) is 11.9. The van der Waals surface area contributed by atoms with Gasteiger partial charge in [-0.3, -0.25) is 10.1 Å². The zero-order valence-electron chi connectivity index (χ0n) is 11.6. The number of carbonyl (C=O) groups is 2. The summed E-state index contributed by atoms with van der Waals surface area (Å²) in [6.45, 7) is 4.89. The van der Waals surface area contributed by atoms with E-state index in [0.29, 0.717) is 19.4 Å². The van der Waals surface area contributed by atoms with E-state index >= 15 is 0 Å². The molecule has 110 valence electrons. The van der Waals surface area contributed by atoms with Gasteiger partial charge in [-0.15, -0.1) is 0 Å². The van der Waals surface area contributed by atoms with E-state index < -0.39 is 17.7 Å². The van der Waals surface area contributed by atoms with Gasteiger partial charge in [0.25, 0.3) is 0 Å². The molecule has 19 heavy (non-hydrogen) atoms. The van der Waals surface area contributed by atoms with E-state index in [2.05, 4.69) is 19.2 Å². The number of nitrogens with two attached hydrogens (primary N) is 1. The molecular formula is C13H24N2O4. The van der Waals surface area contributed by atoms with E-state index in [4.69, 9.17) is 15.6 Å². The highest BCUT2D eigenvalue weighted by atomic mass is 16.5. The van der Waals surface area contributed by atoms with Crippen LogP contribution in [0.15, 0.2) is 0 Å². The summed E-state index contributed by atoms with van der Waals surface area (Å²) in [5.74, 6) is -0.576. The number of carboxylic acid groups (broad SMARTS) is 1. The highest BCUT2D eigenvalue weighted by Crippen LogP contribution is 2.41. The maximum Gasteiger partial charge on any atom is 0.305 e. The van der Waals surface area contributed by atoms with E-state index in [-0.39, 0.29) is 18.3 Å². The van der Waals surface area contributed by atoms with Crippen LogP contribution >= 0.6 is 0 Å². The van der Waals surface area contributed by atoms with Crippen molar-refractivity contribution in [3.8, 4) is 0 Å². The molecule has 0 aromatic rings. The van der Waals surface area contributed by atoms with Gasteiger partial charge in [-0.05, 0) is 24.7 Å². The molecule has 4 N–H and O–H groups in total. The van der Waals surface area contributed by atoms with Crippen LogP contribution in [0.25, 0.3) is 0 Å². The molecule has 2 unspecified atom stereocenters. The number of carbonyl (C=O) groups excluding carboxylic acids is 1. The molecule has 6 heteroatoms. The van der Waals surface area contributed by atoms with E-state index in [1.165, 1.54) is 0 Å². The predicted octanol–water partition coefficient (Wildman–Crippen LogP) is 0.356. The summed E-state index contributed by atoms with van der Waals surface area (Å²) in [5.41, 5.74) is 4.83. The van der Waals surface area contributed by atoms with Crippen LogP contribution < -0.4 is 11.1 Å². The summed E-state index contributed by atoms with van der Waals surface area (Å²) in [7, 11) is 0. The molecule has 6 nitrogen and oxygen atoms in total. The molecule has 0 radical (unpaired) electrons. The zero-order valence-corrected chi connectivity index (χ0v) is 11.6. The normalized spacial score (nSPS) is 32.2. The van der Waals surface area contributed by atoms with Crippen LogP contribution in [-0.4, -0.2) is 42.3 Å². The number of aldehydes is 1. The lowest BCUT2D eigenvalue weighted by atomic mass is 9.93. The van der Waals surface area contributed by atoms with Gasteiger partial charge in [-0.2, -0.15) is 0 Å². The zero-order chi connectivity index (χ0) is 14.5. The van der Waals surface area contributed by atoms with Gasteiger partial charge in [0.2, 0.25) is 0 Å². The molecule has 0 spiro atoms. The molecule has 0 heterocycles. The monoisotopic (exact) mass is 272 g/mol. The number of hydrogen-bond donors (Lipinski definition) is 3. The lowest BCUT2D eigenvalue weighted by Crippen LogP contribution is -2.58. The van der Waals surface area contributed by atoms with Gasteiger partial charge < -0.3 is 20.4 Å². The molecular weight excluding hydrogens is 248 g/mol. The maximum absolute atomic E-state index is 11.1. The lowest BCUT2D eigenvalue weighted by Gasteiger charge is -2.40. The van der Waals surface area contributed by atoms with Crippen LogP contribution in [0, 0.1) is 11.8 Å². The Morgan fingerprint density at radius 1 is 1.53 bits per heavy atom. The fraction of sp³-hybridized carbons (Fsp3) is 0.846. The summed E-state index contributed by atoms with van der Waals surface area (Å²) in [6, 6.07) is -0.738. The topological polar surface area (TPSA) is 102 Å². The number of hydrogen-bond acceptors (Lipinski definition) is 5. The first-order valence-electron chi connectivity index (χ1n) is 6.75. The molecule has 0 amide bonds. The highest BCUT2D eigenvalue weighted by molar-refractivity contribution is 5.73. The Balaban J connectivity index is 2.84. The minimum atomic E-state index is -1.00. The third-order valence-corrected chi connectivity index (χ3v) is 3.93. The molecule has 1 fully saturated rings. The Hall–Kier alpha value is -0.980. The van der Waals surface area contributed by atoms with Gasteiger partial charge >= 0.3 is 5.97 Å². The second-order valence-corrected chi connectivity index (χ2v) is 5.29. The molecule has 0 saturated heterocycles. The Morgan fingerprint density at radius 3 is 2.53 bits per heavy atom. The molecule has 1 aliphatic carbocycles. The summed E-state index contributed by atoms with van der Waals surface area (Å²) >= 11 is 0. The number of ether oxygens (including phenoxy) is 1. The van der Waals surface area contributed by atoms with E-state index in [1.807, 2.05) is 0 Å². The van der Waals surface area contributed by atoms with Crippen LogP contribution in [-0.2, 0) is 14.3 Å². The number of rotatable bonds is 8. The summed E-state index contributed by atoms with van der Waals surface area (Å²) in [6.07, 6.45) is 2.37. The summed E-state index contributed by atoms with van der Waals surface area (Å²) < 4.78 is 5.89. The van der Waals surface area contributed by atoms with E-state index in [1.54, 1.807) is 0 Å². The Bertz CT molecular complexity index is 312. The number of nitrogens with one attached hydrogen (secondary N) is 1. The number of carboxylic acids is 1. The fourth-order valence-electron chi connectivity index (χ4n) is 2.86. The summed E-state index contributed by atoms with van der Waals surface area (Å²) in [4.78, 5) is 21.8. The van der Waals surface area contributed by atoms with Crippen LogP contribution in [0.2, 0.25) is 0 Å². The molecule has 0 aliphatic heterocycles. The third kappa shape index (κ3) is 3.75. The maximum atomic E-state index is 11.1. The Kier molecular flexibility index (Phi) is 5.90. The average molecular weight is 272 g/mol. The predicted molar refractivity (Wildman–Crippen MR) is 70.5 cm³/mol. The molecule has 1 saturated carbocycles. The van der Waals surface area contributed by atoms with E-state index in [9.17, 15) is 9.59 Å². The molecule has 0 bridgehead atoms. The second kappa shape index (κ2) is 6.98. The van der Waals surface area contributed by atoms with Gasteiger partial charge in [-0.1, -0.05) is 13.8 Å². The van der Waals surface area contributed by atoms with Gasteiger partial charge in [0.15, 0.2) is 0 Å². The number of aliphatic carboxylic acids is 1. The first-order valence-corrected chi connectivity index (χ1v) is 6.75. The van der Waals surface area contributed by atoms with Crippen molar-refractivity contribution in [1.29, 1.82) is 0 Å². The smallest absolute Gasteiger partial charge is 0.305 e. The van der Waals surface area contributed by atoms with Crippen molar-refractivity contribution in [3.05, 3.63) is 0 Å². The Labute approximate surface area is 113 Å². The van der Waals surface area contributed by atoms with Crippen LogP contribution in [0.4, 0.5) is 0 Å². The lowest BCUT2D eigenvalue weighted by molar-refractivity contribution is -0.144. The SMILES string of the molecule is CC1CCC(C)C1(N[C@H](C=O)CC(=O)O)OCCN. The van der Waals surface area contributed by atoms with Crippen molar-refractivity contribution in [2.24, 2.45) is 17.6 Å². The van der Waals surface area contributed by atoms with Gasteiger partial charge in [0.1, 0.15) is 12.0 Å². The van der Waals surface area contributed by atoms with Gasteiger partial charge in [0.05, 0.1) is 19.1 Å². The first-order chi connectivity index (χ1) is 8.96. The minimum Gasteiger partial charge on any atom is -0.481 e. The third-order valence-electron chi connectivity index (χ3n) is 3.93. The van der Waals surface area contributed by atoms with Crippen molar-refractivity contribution in [2.45, 2.75) is 44.9 Å². The fourth-order valence-corrected chi connectivity index (χ4v) is 2.86. The highest BCUT2D eigenvalue weighted by Gasteiger charge is 2.48. The second-order valence-electron chi connectivity index (χ2n) is 5.29. The molecule has 3 atom stereocenters. The van der Waals surface area contributed by atoms with Crippen LogP contribution in [0.1, 0.15) is 33.1 Å².